The summed E-state index contributed by atoms with van der Waals surface area (Å²) in [7, 11) is 0. The third-order valence-electron chi connectivity index (χ3n) is 6.79. The van der Waals surface area contributed by atoms with Gasteiger partial charge in [-0.1, -0.05) is 23.2 Å². The molecule has 2 heterocycles. The molecule has 5 rings (SSSR count). The summed E-state index contributed by atoms with van der Waals surface area (Å²) in [6.45, 7) is 2.08. The number of hydrazine groups is 1. The van der Waals surface area contributed by atoms with Crippen LogP contribution in [0.1, 0.15) is 22.8 Å². The number of benzene rings is 2. The Bertz CT molecular complexity index is 1470. The second-order valence-corrected chi connectivity index (χ2v) is 10.5. The fourth-order valence-electron chi connectivity index (χ4n) is 4.58. The van der Waals surface area contributed by atoms with Crippen LogP contribution < -0.4 is 15.6 Å². The molecule has 1 aromatic heterocycles. The van der Waals surface area contributed by atoms with Gasteiger partial charge in [-0.3, -0.25) is 19.9 Å². The van der Waals surface area contributed by atoms with Gasteiger partial charge in [0.15, 0.2) is 0 Å². The van der Waals surface area contributed by atoms with Crippen LogP contribution in [0, 0.1) is 11.6 Å². The number of amides is 1. The van der Waals surface area contributed by atoms with E-state index in [0.29, 0.717) is 32.7 Å². The molecule has 2 unspecified atom stereocenters. The number of halogens is 5. The summed E-state index contributed by atoms with van der Waals surface area (Å²) >= 11 is 11.5. The minimum Gasteiger partial charge on any atom is -0.491 e. The maximum absolute atomic E-state index is 14.1. The minimum atomic E-state index is -1.13. The van der Waals surface area contributed by atoms with Crippen molar-refractivity contribution in [3.63, 3.8) is 0 Å². The Morgan fingerprint density at radius 1 is 1.10 bits per heavy atom. The van der Waals surface area contributed by atoms with Crippen molar-refractivity contribution >= 4 is 40.0 Å². The Morgan fingerprint density at radius 3 is 2.46 bits per heavy atom. The molecule has 208 valence electrons. The van der Waals surface area contributed by atoms with Crippen molar-refractivity contribution in [2.75, 3.05) is 39.3 Å². The molecule has 13 heteroatoms. The van der Waals surface area contributed by atoms with Crippen molar-refractivity contribution in [1.29, 1.82) is 0 Å². The van der Waals surface area contributed by atoms with Crippen LogP contribution in [-0.4, -0.2) is 77.1 Å². The first kappa shape index (κ1) is 27.7. The number of carbonyl (C=O) groups is 1. The van der Waals surface area contributed by atoms with Gasteiger partial charge in [0, 0.05) is 56.8 Å². The average molecular weight is 585 g/mol. The number of β-amino-alcohol motifs (C(OH)–C–C–N with tert-alkyl or cyclic N) is 1. The number of nitrogens with zero attached hydrogens (tertiary/aromatic N) is 3. The molecule has 1 amide bonds. The van der Waals surface area contributed by atoms with E-state index in [1.54, 1.807) is 5.01 Å². The number of aliphatic hydroxyl groups is 1. The molecule has 3 atom stereocenters. The molecule has 1 saturated heterocycles. The van der Waals surface area contributed by atoms with Gasteiger partial charge in [0.2, 0.25) is 5.43 Å². The quantitative estimate of drug-likeness (QED) is 0.421. The minimum absolute atomic E-state index is 0.0192. The predicted molar refractivity (Wildman–Crippen MR) is 140 cm³/mol. The van der Waals surface area contributed by atoms with Crippen LogP contribution in [0.2, 0.25) is 10.0 Å². The lowest BCUT2D eigenvalue weighted by Gasteiger charge is -2.35. The normalized spacial score (nSPS) is 20.7. The number of aromatic nitrogens is 1. The molecular weight excluding hydrogens is 560 g/mol. The van der Waals surface area contributed by atoms with Crippen LogP contribution >= 0.6 is 23.2 Å². The third-order valence-corrected chi connectivity index (χ3v) is 7.39. The molecule has 8 nitrogen and oxygen atoms in total. The summed E-state index contributed by atoms with van der Waals surface area (Å²) in [6.07, 6.45) is -0.436. The number of fused-ring (bicyclic) bond motifs is 1. The van der Waals surface area contributed by atoms with Crippen molar-refractivity contribution in [2.45, 2.75) is 24.7 Å². The van der Waals surface area contributed by atoms with E-state index >= 15 is 0 Å². The van der Waals surface area contributed by atoms with Gasteiger partial charge in [-0.2, -0.15) is 0 Å². The number of nitrogens with one attached hydrogen (secondary N) is 1. The second-order valence-electron chi connectivity index (χ2n) is 9.65. The van der Waals surface area contributed by atoms with Gasteiger partial charge in [-0.05, 0) is 24.3 Å². The number of carbonyl (C=O) groups excluding carboxylic acids is 1. The van der Waals surface area contributed by atoms with Crippen molar-refractivity contribution in [3.8, 4) is 5.75 Å². The standard InChI is InChI=1S/C26H25Cl2F3N4O4/c27-18-2-1-15(7-20(18)29)39-13-14(36)11-33-3-5-34(6-4-33)32-26(38)17-12-35(24-10-22(24)31)23-9-19(28)21(30)8-16(23)25(17)37/h1-2,7-9,12,14,22,24,36H,3-6,10-11,13H2,(H,32,38)/t14-,22?,24?/m0/s1. The first-order valence-corrected chi connectivity index (χ1v) is 13.1. The predicted octanol–water partition coefficient (Wildman–Crippen LogP) is 3.57. The zero-order valence-electron chi connectivity index (χ0n) is 20.5. The van der Waals surface area contributed by atoms with Gasteiger partial charge in [-0.15, -0.1) is 0 Å². The SMILES string of the molecule is O=C(NN1CCN(C[C@H](O)COc2ccc(Cl)c(F)c2)CC1)c1cn(C2CC2F)c2cc(Cl)c(F)cc2c1=O. The molecule has 1 saturated carbocycles. The number of hydrogen-bond acceptors (Lipinski definition) is 6. The molecule has 1 aliphatic carbocycles. The topological polar surface area (TPSA) is 87.0 Å². The highest BCUT2D eigenvalue weighted by Gasteiger charge is 2.40. The van der Waals surface area contributed by atoms with Crippen molar-refractivity contribution < 1.29 is 27.8 Å². The van der Waals surface area contributed by atoms with Gasteiger partial charge < -0.3 is 14.4 Å². The number of alkyl halides is 1. The van der Waals surface area contributed by atoms with Crippen LogP contribution in [0.3, 0.4) is 0 Å². The van der Waals surface area contributed by atoms with E-state index in [-0.39, 0.29) is 45.3 Å². The molecule has 2 N–H and O–H groups in total. The lowest BCUT2D eigenvalue weighted by Crippen LogP contribution is -2.55. The van der Waals surface area contributed by atoms with Crippen molar-refractivity contribution in [3.05, 3.63) is 74.0 Å². The fraction of sp³-hybridized carbons (Fsp3) is 0.385. The van der Waals surface area contributed by atoms with Gasteiger partial charge >= 0.3 is 0 Å². The summed E-state index contributed by atoms with van der Waals surface area (Å²) in [4.78, 5) is 28.1. The zero-order chi connectivity index (χ0) is 27.8. The summed E-state index contributed by atoms with van der Waals surface area (Å²) in [5.41, 5.74) is 2.07. The molecule has 2 fully saturated rings. The van der Waals surface area contributed by atoms with Crippen molar-refractivity contribution in [1.82, 2.24) is 19.9 Å². The number of aliphatic hydroxyl groups excluding tert-OH is 1. The fourth-order valence-corrected chi connectivity index (χ4v) is 4.85. The van der Waals surface area contributed by atoms with Crippen LogP contribution in [0.5, 0.6) is 5.75 Å². The largest absolute Gasteiger partial charge is 0.491 e. The number of rotatable bonds is 8. The third kappa shape index (κ3) is 6.17. The smallest absolute Gasteiger partial charge is 0.271 e. The summed E-state index contributed by atoms with van der Waals surface area (Å²) in [6, 6.07) is 5.71. The van der Waals surface area contributed by atoms with E-state index in [1.165, 1.54) is 29.0 Å². The van der Waals surface area contributed by atoms with E-state index in [2.05, 4.69) is 5.43 Å². The summed E-state index contributed by atoms with van der Waals surface area (Å²) < 4.78 is 48.5. The Kier molecular flexibility index (Phi) is 8.06. The zero-order valence-corrected chi connectivity index (χ0v) is 22.1. The molecule has 1 aliphatic heterocycles. The van der Waals surface area contributed by atoms with Crippen LogP contribution in [0.15, 0.2) is 41.3 Å². The maximum atomic E-state index is 14.1. The van der Waals surface area contributed by atoms with Gasteiger partial charge in [0.1, 0.15) is 41.8 Å². The number of piperazine rings is 1. The van der Waals surface area contributed by atoms with E-state index < -0.39 is 41.3 Å². The molecule has 2 aromatic carbocycles. The Morgan fingerprint density at radius 2 is 1.79 bits per heavy atom. The van der Waals surface area contributed by atoms with Gasteiger partial charge in [-0.25, -0.2) is 18.2 Å². The van der Waals surface area contributed by atoms with Gasteiger partial charge in [0.05, 0.1) is 21.6 Å². The molecule has 2 aliphatic rings. The lowest BCUT2D eigenvalue weighted by atomic mass is 10.1. The maximum Gasteiger partial charge on any atom is 0.271 e. The molecular formula is C26H25Cl2F3N4O4. The van der Waals surface area contributed by atoms with Crippen LogP contribution in [0.4, 0.5) is 13.2 Å². The lowest BCUT2D eigenvalue weighted by molar-refractivity contribution is 0.0316. The molecule has 0 radical (unpaired) electrons. The summed E-state index contributed by atoms with van der Waals surface area (Å²) in [5.74, 6) is -1.84. The first-order valence-electron chi connectivity index (χ1n) is 12.3. The molecule has 3 aromatic rings. The molecule has 39 heavy (non-hydrogen) atoms. The highest BCUT2D eigenvalue weighted by molar-refractivity contribution is 6.31. The second kappa shape index (κ2) is 11.3. The van der Waals surface area contributed by atoms with Crippen molar-refractivity contribution in [2.24, 2.45) is 0 Å². The van der Waals surface area contributed by atoms with Crippen LogP contribution in [-0.2, 0) is 0 Å². The van der Waals surface area contributed by atoms with E-state index in [1.807, 2.05) is 4.90 Å². The highest BCUT2D eigenvalue weighted by Crippen LogP contribution is 2.41. The summed E-state index contributed by atoms with van der Waals surface area (Å²) in [5, 5.41) is 11.7. The van der Waals surface area contributed by atoms with Gasteiger partial charge in [0.25, 0.3) is 5.91 Å². The van der Waals surface area contributed by atoms with Crippen LogP contribution in [0.25, 0.3) is 10.9 Å². The monoisotopic (exact) mass is 584 g/mol. The van der Waals surface area contributed by atoms with E-state index in [0.717, 1.165) is 12.1 Å². The number of hydrogen-bond donors (Lipinski definition) is 2. The highest BCUT2D eigenvalue weighted by atomic mass is 35.5. The Hall–Kier alpha value is -2.83. The first-order chi connectivity index (χ1) is 18.6. The molecule has 0 bridgehead atoms. The molecule has 0 spiro atoms. The number of ether oxygens (including phenoxy) is 1. The Balaban J connectivity index is 1.18. The van der Waals surface area contributed by atoms with E-state index in [4.69, 9.17) is 27.9 Å². The average Bonchev–Trinajstić information content (AvgIpc) is 3.63. The van der Waals surface area contributed by atoms with E-state index in [9.17, 15) is 27.9 Å². The number of pyridine rings is 1. The Labute approximate surface area is 231 Å².